The smallest absolute Gasteiger partial charge is 0.185 e. The normalized spacial score (nSPS) is 25.7. The Morgan fingerprint density at radius 2 is 2.06 bits per heavy atom. The topological polar surface area (TPSA) is 28.2 Å². The molecule has 4 heteroatoms. The Bertz CT molecular complexity index is 329. The highest BCUT2D eigenvalue weighted by atomic mass is 32.1. The van der Waals surface area contributed by atoms with Gasteiger partial charge in [-0.05, 0) is 39.7 Å². The van der Waals surface area contributed by atoms with Crippen molar-refractivity contribution in [1.82, 2.24) is 10.3 Å². The summed E-state index contributed by atoms with van der Waals surface area (Å²) in [5, 5.41) is 6.68. The lowest BCUT2D eigenvalue weighted by Gasteiger charge is -2.34. The van der Waals surface area contributed by atoms with Gasteiger partial charge >= 0.3 is 0 Å². The lowest BCUT2D eigenvalue weighted by molar-refractivity contribution is 0.351. The summed E-state index contributed by atoms with van der Waals surface area (Å²) in [6.45, 7) is 2.06. The van der Waals surface area contributed by atoms with Crippen molar-refractivity contribution in [2.75, 3.05) is 19.0 Å². The highest BCUT2D eigenvalue weighted by molar-refractivity contribution is 7.13. The molecule has 0 unspecified atom stereocenters. The van der Waals surface area contributed by atoms with Gasteiger partial charge in [-0.1, -0.05) is 0 Å². The van der Waals surface area contributed by atoms with Gasteiger partial charge in [0.15, 0.2) is 5.13 Å². The van der Waals surface area contributed by atoms with Gasteiger partial charge in [0.05, 0.1) is 5.69 Å². The maximum Gasteiger partial charge on any atom is 0.185 e. The molecule has 0 amide bonds. The summed E-state index contributed by atoms with van der Waals surface area (Å²) in [6, 6.07) is 1.40. The zero-order valence-electron chi connectivity index (χ0n) is 10.4. The summed E-state index contributed by atoms with van der Waals surface area (Å²) in [7, 11) is 4.25. The van der Waals surface area contributed by atoms with Gasteiger partial charge in [0, 0.05) is 24.5 Å². The summed E-state index contributed by atoms with van der Waals surface area (Å²) in [5.74, 6) is 0. The SMILES string of the molecule is CNC1CCC(N(C)c2nc(C)cs2)CC1. The molecule has 1 aliphatic rings. The Morgan fingerprint density at radius 1 is 1.38 bits per heavy atom. The van der Waals surface area contributed by atoms with Crippen molar-refractivity contribution in [1.29, 1.82) is 0 Å². The van der Waals surface area contributed by atoms with Crippen LogP contribution in [-0.2, 0) is 0 Å². The number of nitrogens with one attached hydrogen (secondary N) is 1. The number of rotatable bonds is 3. The zero-order chi connectivity index (χ0) is 11.5. The maximum absolute atomic E-state index is 4.55. The van der Waals surface area contributed by atoms with E-state index in [0.29, 0.717) is 6.04 Å². The van der Waals surface area contributed by atoms with E-state index in [2.05, 4.69) is 41.6 Å². The molecule has 1 heterocycles. The van der Waals surface area contributed by atoms with E-state index >= 15 is 0 Å². The first-order valence-electron chi connectivity index (χ1n) is 6.03. The molecule has 0 aromatic carbocycles. The molecule has 3 nitrogen and oxygen atoms in total. The van der Waals surface area contributed by atoms with E-state index in [-0.39, 0.29) is 0 Å². The van der Waals surface area contributed by atoms with E-state index < -0.39 is 0 Å². The molecular formula is C12H21N3S. The molecule has 0 saturated heterocycles. The molecule has 1 N–H and O–H groups in total. The lowest BCUT2D eigenvalue weighted by Crippen LogP contribution is -2.39. The minimum atomic E-state index is 0.676. The van der Waals surface area contributed by atoms with Crippen molar-refractivity contribution in [3.63, 3.8) is 0 Å². The number of aryl methyl sites for hydroxylation is 1. The first kappa shape index (κ1) is 11.9. The number of nitrogens with zero attached hydrogens (tertiary/aromatic N) is 2. The number of hydrogen-bond donors (Lipinski definition) is 1. The van der Waals surface area contributed by atoms with Gasteiger partial charge in [-0.25, -0.2) is 4.98 Å². The van der Waals surface area contributed by atoms with E-state index in [9.17, 15) is 0 Å². The van der Waals surface area contributed by atoms with Gasteiger partial charge < -0.3 is 10.2 Å². The number of aromatic nitrogens is 1. The van der Waals surface area contributed by atoms with Crippen LogP contribution in [0.15, 0.2) is 5.38 Å². The highest BCUT2D eigenvalue weighted by Gasteiger charge is 2.24. The molecule has 0 spiro atoms. The molecule has 1 aliphatic carbocycles. The standard InChI is InChI=1S/C12H21N3S/c1-9-8-16-12(14-9)15(3)11-6-4-10(13-2)5-7-11/h8,10-11,13H,4-7H2,1-3H3. The van der Waals surface area contributed by atoms with Crippen LogP contribution in [0.1, 0.15) is 31.4 Å². The Balaban J connectivity index is 1.93. The molecule has 2 rings (SSSR count). The Hall–Kier alpha value is -0.610. The second-order valence-electron chi connectivity index (χ2n) is 4.68. The quantitative estimate of drug-likeness (QED) is 0.878. The molecule has 1 aromatic rings. The van der Waals surface area contributed by atoms with Gasteiger partial charge in [0.1, 0.15) is 0 Å². The molecule has 0 bridgehead atoms. The van der Waals surface area contributed by atoms with Crippen LogP contribution < -0.4 is 10.2 Å². The van der Waals surface area contributed by atoms with Crippen molar-refractivity contribution in [2.24, 2.45) is 0 Å². The largest absolute Gasteiger partial charge is 0.348 e. The maximum atomic E-state index is 4.55. The van der Waals surface area contributed by atoms with E-state index in [1.165, 1.54) is 30.8 Å². The molecule has 1 saturated carbocycles. The van der Waals surface area contributed by atoms with Crippen LogP contribution in [-0.4, -0.2) is 31.2 Å². The molecule has 1 aromatic heterocycles. The fourth-order valence-electron chi connectivity index (χ4n) is 2.41. The van der Waals surface area contributed by atoms with E-state index in [0.717, 1.165) is 11.7 Å². The summed E-state index contributed by atoms with van der Waals surface area (Å²) >= 11 is 1.76. The van der Waals surface area contributed by atoms with Crippen LogP contribution >= 0.6 is 11.3 Å². The lowest BCUT2D eigenvalue weighted by atomic mass is 9.91. The minimum absolute atomic E-state index is 0.676. The third kappa shape index (κ3) is 2.55. The van der Waals surface area contributed by atoms with Crippen molar-refractivity contribution in [2.45, 2.75) is 44.7 Å². The number of hydrogen-bond acceptors (Lipinski definition) is 4. The van der Waals surface area contributed by atoms with Crippen LogP contribution in [0.4, 0.5) is 5.13 Å². The Morgan fingerprint density at radius 3 is 2.56 bits per heavy atom. The van der Waals surface area contributed by atoms with E-state index in [4.69, 9.17) is 0 Å². The summed E-state index contributed by atoms with van der Waals surface area (Å²) in [5.41, 5.74) is 1.13. The molecule has 0 aliphatic heterocycles. The Labute approximate surface area is 102 Å². The summed E-state index contributed by atoms with van der Waals surface area (Å²) in [6.07, 6.45) is 5.13. The summed E-state index contributed by atoms with van der Waals surface area (Å²) in [4.78, 5) is 6.92. The highest BCUT2D eigenvalue weighted by Crippen LogP contribution is 2.28. The van der Waals surface area contributed by atoms with Crippen LogP contribution in [0.2, 0.25) is 0 Å². The predicted octanol–water partition coefficient (Wildman–Crippen LogP) is 2.42. The third-order valence-electron chi connectivity index (χ3n) is 3.56. The van der Waals surface area contributed by atoms with Crippen LogP contribution in [0.5, 0.6) is 0 Å². The van der Waals surface area contributed by atoms with Crippen LogP contribution in [0.3, 0.4) is 0 Å². The average Bonchev–Trinajstić information content (AvgIpc) is 2.75. The third-order valence-corrected chi connectivity index (χ3v) is 4.61. The van der Waals surface area contributed by atoms with E-state index in [1.807, 2.05) is 0 Å². The first-order chi connectivity index (χ1) is 7.70. The predicted molar refractivity (Wildman–Crippen MR) is 70.4 cm³/mol. The monoisotopic (exact) mass is 239 g/mol. The molecule has 1 fully saturated rings. The second kappa shape index (κ2) is 5.15. The van der Waals surface area contributed by atoms with Crippen molar-refractivity contribution >= 4 is 16.5 Å². The first-order valence-corrected chi connectivity index (χ1v) is 6.91. The number of thiazole rings is 1. The summed E-state index contributed by atoms with van der Waals surface area (Å²) < 4.78 is 0. The van der Waals surface area contributed by atoms with Crippen molar-refractivity contribution < 1.29 is 0 Å². The van der Waals surface area contributed by atoms with Crippen LogP contribution in [0.25, 0.3) is 0 Å². The van der Waals surface area contributed by atoms with Gasteiger partial charge in [-0.2, -0.15) is 0 Å². The van der Waals surface area contributed by atoms with Gasteiger partial charge in [0.25, 0.3) is 0 Å². The Kier molecular flexibility index (Phi) is 3.82. The minimum Gasteiger partial charge on any atom is -0.348 e. The van der Waals surface area contributed by atoms with Gasteiger partial charge in [0.2, 0.25) is 0 Å². The molecule has 90 valence electrons. The van der Waals surface area contributed by atoms with Crippen LogP contribution in [0, 0.1) is 6.92 Å². The molecular weight excluding hydrogens is 218 g/mol. The molecule has 0 radical (unpaired) electrons. The fourth-order valence-corrected chi connectivity index (χ4v) is 3.25. The fraction of sp³-hybridized carbons (Fsp3) is 0.750. The van der Waals surface area contributed by atoms with Crippen molar-refractivity contribution in [3.8, 4) is 0 Å². The zero-order valence-corrected chi connectivity index (χ0v) is 11.2. The molecule has 16 heavy (non-hydrogen) atoms. The second-order valence-corrected chi connectivity index (χ2v) is 5.51. The van der Waals surface area contributed by atoms with Gasteiger partial charge in [-0.15, -0.1) is 11.3 Å². The number of anilines is 1. The van der Waals surface area contributed by atoms with E-state index in [1.54, 1.807) is 11.3 Å². The van der Waals surface area contributed by atoms with Gasteiger partial charge in [-0.3, -0.25) is 0 Å². The molecule has 0 atom stereocenters. The van der Waals surface area contributed by atoms with Crippen molar-refractivity contribution in [3.05, 3.63) is 11.1 Å². The average molecular weight is 239 g/mol.